The Morgan fingerprint density at radius 1 is 0.791 bits per heavy atom. The van der Waals surface area contributed by atoms with E-state index in [-0.39, 0.29) is 24.1 Å². The van der Waals surface area contributed by atoms with Crippen LogP contribution in [0.5, 0.6) is 0 Å². The number of anilines is 3. The fourth-order valence-electron chi connectivity index (χ4n) is 3.77. The summed E-state index contributed by atoms with van der Waals surface area (Å²) in [6, 6.07) is 9.47. The highest BCUT2D eigenvalue weighted by atomic mass is 19.1. The van der Waals surface area contributed by atoms with E-state index in [4.69, 9.17) is 4.74 Å². The maximum atomic E-state index is 13.2. The van der Waals surface area contributed by atoms with E-state index < -0.39 is 6.09 Å². The molecule has 1 aromatic heterocycles. The van der Waals surface area contributed by atoms with E-state index in [0.29, 0.717) is 30.9 Å². The van der Waals surface area contributed by atoms with Gasteiger partial charge in [0.15, 0.2) is 5.82 Å². The molecule has 8 heteroatoms. The molecule has 0 aliphatic carbocycles. The van der Waals surface area contributed by atoms with Gasteiger partial charge in [0.05, 0.1) is 12.3 Å². The number of benzene rings is 1. The number of hydrogen-bond acceptors (Lipinski definition) is 5. The largest absolute Gasteiger partial charge is 0.450 e. The zero-order valence-corrected chi connectivity index (χ0v) is 25.4. The van der Waals surface area contributed by atoms with Gasteiger partial charge >= 0.3 is 6.09 Å². The molecule has 1 aromatic carbocycles. The minimum Gasteiger partial charge on any atom is -0.450 e. The van der Waals surface area contributed by atoms with E-state index in [0.717, 1.165) is 44.1 Å². The number of allylic oxidation sites excluding steroid dienone is 10. The molecule has 43 heavy (non-hydrogen) atoms. The lowest BCUT2D eigenvalue weighted by Gasteiger charge is -2.14. The van der Waals surface area contributed by atoms with Gasteiger partial charge in [0.1, 0.15) is 11.6 Å². The summed E-state index contributed by atoms with van der Waals surface area (Å²) in [6.45, 7) is 4.48. The summed E-state index contributed by atoms with van der Waals surface area (Å²) in [5.41, 5.74) is 1.20. The van der Waals surface area contributed by atoms with Gasteiger partial charge in [0.25, 0.3) is 0 Å². The van der Waals surface area contributed by atoms with Gasteiger partial charge < -0.3 is 15.4 Å². The molecule has 0 unspecified atom stereocenters. The van der Waals surface area contributed by atoms with Crippen LogP contribution in [0, 0.1) is 5.82 Å². The second-order valence-corrected chi connectivity index (χ2v) is 9.57. The molecule has 7 nitrogen and oxygen atoms in total. The maximum absolute atomic E-state index is 13.2. The molecule has 2 aromatic rings. The van der Waals surface area contributed by atoms with Crippen molar-refractivity contribution in [3.05, 3.63) is 109 Å². The first kappa shape index (κ1) is 34.7. The van der Waals surface area contributed by atoms with Gasteiger partial charge in [-0.3, -0.25) is 10.1 Å². The third kappa shape index (κ3) is 16.5. The monoisotopic (exact) mass is 588 g/mol. The molecule has 3 N–H and O–H groups in total. The van der Waals surface area contributed by atoms with Crippen LogP contribution in [0.25, 0.3) is 0 Å². The van der Waals surface area contributed by atoms with E-state index in [1.165, 1.54) is 12.1 Å². The Morgan fingerprint density at radius 3 is 2.00 bits per heavy atom. The normalized spacial score (nSPS) is 11.8. The van der Waals surface area contributed by atoms with Crippen LogP contribution in [0.3, 0.4) is 0 Å². The quantitative estimate of drug-likeness (QED) is 0.112. The Kier molecular flexibility index (Phi) is 17.9. The predicted octanol–water partition coefficient (Wildman–Crippen LogP) is 9.26. The maximum Gasteiger partial charge on any atom is 0.411 e. The highest BCUT2D eigenvalue weighted by Gasteiger charge is 2.13. The van der Waals surface area contributed by atoms with Crippen LogP contribution >= 0.6 is 0 Å². The summed E-state index contributed by atoms with van der Waals surface area (Å²) in [6.07, 6.45) is 27.5. The van der Waals surface area contributed by atoms with E-state index >= 15 is 0 Å². The smallest absolute Gasteiger partial charge is 0.411 e. The predicted molar refractivity (Wildman–Crippen MR) is 176 cm³/mol. The molecular formula is C35H45FN4O3. The summed E-state index contributed by atoms with van der Waals surface area (Å²) < 4.78 is 18.1. The number of nitrogens with one attached hydrogen (secondary N) is 3. The fourth-order valence-corrected chi connectivity index (χ4v) is 3.77. The Hall–Kier alpha value is -4.46. The lowest BCUT2D eigenvalue weighted by Crippen LogP contribution is -2.18. The fraction of sp³-hybridized carbons (Fsp3) is 0.343. The van der Waals surface area contributed by atoms with Gasteiger partial charge in [-0.15, -0.1) is 0 Å². The number of carbonyl (C=O) groups excluding carboxylic acids is 2. The van der Waals surface area contributed by atoms with Crippen LogP contribution < -0.4 is 16.0 Å². The molecule has 0 atom stereocenters. The Balaban J connectivity index is 1.75. The van der Waals surface area contributed by atoms with Gasteiger partial charge in [-0.1, -0.05) is 79.8 Å². The number of amides is 2. The number of ether oxygens (including phenoxy) is 1. The van der Waals surface area contributed by atoms with Crippen molar-refractivity contribution in [2.45, 2.75) is 71.8 Å². The average Bonchev–Trinajstić information content (AvgIpc) is 2.99. The van der Waals surface area contributed by atoms with Gasteiger partial charge in [-0.25, -0.2) is 14.2 Å². The summed E-state index contributed by atoms with van der Waals surface area (Å²) >= 11 is 0. The Labute approximate surface area is 255 Å². The van der Waals surface area contributed by atoms with E-state index in [2.05, 4.69) is 88.6 Å². The molecule has 0 saturated heterocycles. The van der Waals surface area contributed by atoms with Crippen molar-refractivity contribution in [1.82, 2.24) is 4.98 Å². The summed E-state index contributed by atoms with van der Waals surface area (Å²) in [4.78, 5) is 29.1. The number of aromatic nitrogens is 1. The highest BCUT2D eigenvalue weighted by Crippen LogP contribution is 2.23. The second-order valence-electron chi connectivity index (χ2n) is 9.57. The van der Waals surface area contributed by atoms with Crippen molar-refractivity contribution >= 4 is 29.3 Å². The van der Waals surface area contributed by atoms with Crippen LogP contribution in [-0.2, 0) is 16.1 Å². The van der Waals surface area contributed by atoms with Gasteiger partial charge in [-0.2, -0.15) is 0 Å². The van der Waals surface area contributed by atoms with Crippen LogP contribution in [0.2, 0.25) is 0 Å². The first-order valence-electron chi connectivity index (χ1n) is 15.0. The third-order valence-corrected chi connectivity index (χ3v) is 5.98. The van der Waals surface area contributed by atoms with E-state index in [1.54, 1.807) is 31.2 Å². The third-order valence-electron chi connectivity index (χ3n) is 5.98. The minimum atomic E-state index is -0.634. The minimum absolute atomic E-state index is 0.206. The molecule has 0 saturated carbocycles. The average molecular weight is 589 g/mol. The van der Waals surface area contributed by atoms with E-state index in [9.17, 15) is 14.0 Å². The molecule has 2 rings (SSSR count). The van der Waals surface area contributed by atoms with Crippen molar-refractivity contribution < 1.29 is 18.7 Å². The summed E-state index contributed by atoms with van der Waals surface area (Å²) in [7, 11) is 0. The molecule has 0 aliphatic heterocycles. The number of nitrogens with zero attached hydrogens (tertiary/aromatic N) is 1. The molecule has 230 valence electrons. The van der Waals surface area contributed by atoms with Gasteiger partial charge in [-0.05, 0) is 81.7 Å². The molecule has 0 radical (unpaired) electrons. The zero-order valence-electron chi connectivity index (χ0n) is 25.4. The number of carbonyl (C=O) groups is 2. The molecular weight excluding hydrogens is 543 g/mol. The number of hydrogen-bond donors (Lipinski definition) is 3. The first-order valence-corrected chi connectivity index (χ1v) is 15.0. The van der Waals surface area contributed by atoms with Crippen LogP contribution in [0.1, 0.15) is 70.8 Å². The van der Waals surface area contributed by atoms with Crippen LogP contribution in [0.4, 0.5) is 26.5 Å². The number of pyridine rings is 1. The molecule has 0 aliphatic rings. The summed E-state index contributed by atoms with van der Waals surface area (Å²) in [5, 5.41) is 8.57. The van der Waals surface area contributed by atoms with Crippen molar-refractivity contribution in [2.75, 3.05) is 22.6 Å². The highest BCUT2D eigenvalue weighted by molar-refractivity contribution is 5.96. The van der Waals surface area contributed by atoms with Crippen molar-refractivity contribution in [2.24, 2.45) is 0 Å². The SMILES string of the molecule is CC/C=C\C/C=C\C/C=C\C/C=C\C/C=C\CCCC(=O)Nc1nc(NCc2ccc(F)cc2)ccc1NC(=O)OCC. The molecule has 2 amide bonds. The van der Waals surface area contributed by atoms with Gasteiger partial charge in [0, 0.05) is 13.0 Å². The molecule has 0 spiro atoms. The summed E-state index contributed by atoms with van der Waals surface area (Å²) in [5.74, 6) is 0.204. The van der Waals surface area contributed by atoms with Crippen LogP contribution in [-0.4, -0.2) is 23.6 Å². The van der Waals surface area contributed by atoms with E-state index in [1.807, 2.05) is 0 Å². The lowest BCUT2D eigenvalue weighted by molar-refractivity contribution is -0.116. The first-order chi connectivity index (χ1) is 21.0. The van der Waals surface area contributed by atoms with Crippen molar-refractivity contribution in [1.29, 1.82) is 0 Å². The lowest BCUT2D eigenvalue weighted by atomic mass is 10.2. The van der Waals surface area contributed by atoms with Crippen molar-refractivity contribution in [3.8, 4) is 0 Å². The molecule has 0 bridgehead atoms. The standard InChI is InChI=1S/C35H45FN4O3/c1-3-5-6-7-8-9-10-11-12-13-14-15-16-17-18-19-20-21-33(41)40-34-31(38-35(42)43-4-2)26-27-32(39-34)37-28-29-22-24-30(36)25-23-29/h5-6,8-9,11-12,14-15,17-18,22-27H,3-4,7,10,13,16,19-21,28H2,1-2H3,(H,38,42)(H2,37,39,40,41)/b6-5-,9-8-,12-11-,15-14-,18-17-. The zero-order chi connectivity index (χ0) is 31.0. The molecule has 1 heterocycles. The number of halogens is 1. The number of rotatable bonds is 19. The molecule has 0 fully saturated rings. The Morgan fingerprint density at radius 2 is 1.40 bits per heavy atom. The van der Waals surface area contributed by atoms with Crippen LogP contribution in [0.15, 0.2) is 97.2 Å². The number of unbranched alkanes of at least 4 members (excludes halogenated alkanes) is 1. The van der Waals surface area contributed by atoms with Gasteiger partial charge in [0.2, 0.25) is 5.91 Å². The Bertz CT molecular complexity index is 1250. The topological polar surface area (TPSA) is 92.4 Å². The second kappa shape index (κ2) is 22.2. The van der Waals surface area contributed by atoms with Crippen molar-refractivity contribution in [3.63, 3.8) is 0 Å².